The summed E-state index contributed by atoms with van der Waals surface area (Å²) >= 11 is 3.17. The Morgan fingerprint density at radius 1 is 1.47 bits per heavy atom. The number of hydrogen-bond donors (Lipinski definition) is 1. The third kappa shape index (κ3) is 2.27. The zero-order valence-corrected chi connectivity index (χ0v) is 10.2. The molecule has 6 heteroatoms. The number of aromatic nitrogens is 2. The predicted molar refractivity (Wildman–Crippen MR) is 65.5 cm³/mol. The van der Waals surface area contributed by atoms with Crippen molar-refractivity contribution in [3.05, 3.63) is 22.3 Å². The van der Waals surface area contributed by atoms with E-state index >= 15 is 0 Å². The first-order chi connectivity index (χ1) is 7.16. The van der Waals surface area contributed by atoms with Crippen LogP contribution in [0.2, 0.25) is 0 Å². The second kappa shape index (κ2) is 4.16. The highest BCUT2D eigenvalue weighted by Gasteiger charge is 2.09. The Morgan fingerprint density at radius 3 is 2.80 bits per heavy atom. The smallest absolute Gasteiger partial charge is 0.187 e. The number of nitrogens with zero attached hydrogens (tertiary/aromatic N) is 3. The molecule has 0 unspecified atom stereocenters. The molecule has 0 fully saturated rings. The van der Waals surface area contributed by atoms with Gasteiger partial charge in [-0.2, -0.15) is 0 Å². The summed E-state index contributed by atoms with van der Waals surface area (Å²) in [5.41, 5.74) is 8.60. The average molecular weight is 240 g/mol. The van der Waals surface area contributed by atoms with Crippen molar-refractivity contribution in [2.24, 2.45) is 0 Å². The number of anilines is 2. The number of nitrogens with two attached hydrogens (primary N) is 1. The van der Waals surface area contributed by atoms with E-state index in [9.17, 15) is 0 Å². The number of aryl methyl sites for hydroxylation is 1. The number of thiazole rings is 2. The summed E-state index contributed by atoms with van der Waals surface area (Å²) in [6.07, 6.45) is 1.69. The van der Waals surface area contributed by atoms with Crippen LogP contribution in [0.4, 0.5) is 10.1 Å². The molecule has 0 aliphatic carbocycles. The first kappa shape index (κ1) is 10.4. The van der Waals surface area contributed by atoms with Gasteiger partial charge < -0.3 is 10.6 Å². The molecular weight excluding hydrogens is 228 g/mol. The fourth-order valence-electron chi connectivity index (χ4n) is 1.21. The van der Waals surface area contributed by atoms with Gasteiger partial charge >= 0.3 is 0 Å². The molecule has 0 atom stereocenters. The highest BCUT2D eigenvalue weighted by molar-refractivity contribution is 7.19. The summed E-state index contributed by atoms with van der Waals surface area (Å²) in [7, 11) is 2.01. The zero-order chi connectivity index (χ0) is 10.8. The van der Waals surface area contributed by atoms with E-state index in [1.54, 1.807) is 17.5 Å². The summed E-state index contributed by atoms with van der Waals surface area (Å²) in [6.45, 7) is 2.86. The lowest BCUT2D eigenvalue weighted by Crippen LogP contribution is -2.15. The maximum atomic E-state index is 5.64. The third-order valence-electron chi connectivity index (χ3n) is 2.06. The van der Waals surface area contributed by atoms with Crippen LogP contribution in [0.3, 0.4) is 0 Å². The molecule has 2 heterocycles. The first-order valence-corrected chi connectivity index (χ1v) is 6.18. The first-order valence-electron chi connectivity index (χ1n) is 4.48. The van der Waals surface area contributed by atoms with E-state index < -0.39 is 0 Å². The molecule has 0 aliphatic rings. The Morgan fingerprint density at radius 2 is 2.27 bits per heavy atom. The minimum Gasteiger partial charge on any atom is -0.389 e. The van der Waals surface area contributed by atoms with Gasteiger partial charge in [-0.15, -0.1) is 11.3 Å². The Bertz CT molecular complexity index is 448. The molecule has 2 aromatic rings. The normalized spacial score (nSPS) is 10.5. The fraction of sp³-hybridized carbons (Fsp3) is 0.333. The molecule has 0 radical (unpaired) electrons. The minimum absolute atomic E-state index is 0.748. The van der Waals surface area contributed by atoms with Crippen LogP contribution in [-0.2, 0) is 6.54 Å². The monoisotopic (exact) mass is 240 g/mol. The Balaban J connectivity index is 2.10. The molecule has 0 amide bonds. The molecule has 0 aromatic carbocycles. The molecule has 4 nitrogen and oxygen atoms in total. The summed E-state index contributed by atoms with van der Waals surface area (Å²) in [4.78, 5) is 11.8. The Kier molecular flexibility index (Phi) is 2.88. The largest absolute Gasteiger partial charge is 0.389 e. The lowest BCUT2D eigenvalue weighted by atomic mass is 10.4. The van der Waals surface area contributed by atoms with Gasteiger partial charge in [-0.25, -0.2) is 9.97 Å². The second-order valence-electron chi connectivity index (χ2n) is 3.26. The van der Waals surface area contributed by atoms with Crippen molar-refractivity contribution in [3.8, 4) is 0 Å². The molecule has 2 N–H and O–H groups in total. The van der Waals surface area contributed by atoms with E-state index in [4.69, 9.17) is 5.73 Å². The molecule has 80 valence electrons. The molecule has 0 saturated carbocycles. The number of rotatable bonds is 3. The summed E-state index contributed by atoms with van der Waals surface area (Å²) in [5.74, 6) is 0. The van der Waals surface area contributed by atoms with Crippen LogP contribution in [-0.4, -0.2) is 17.0 Å². The van der Waals surface area contributed by atoms with E-state index in [1.165, 1.54) is 16.2 Å². The predicted octanol–water partition coefficient (Wildman–Crippen LogP) is 2.13. The van der Waals surface area contributed by atoms with Crippen LogP contribution in [0.25, 0.3) is 0 Å². The van der Waals surface area contributed by atoms with Gasteiger partial charge in [-0.1, -0.05) is 11.3 Å². The van der Waals surface area contributed by atoms with Gasteiger partial charge in [0.25, 0.3) is 0 Å². The number of hydrogen-bond acceptors (Lipinski definition) is 6. The van der Waals surface area contributed by atoms with Gasteiger partial charge in [0, 0.05) is 11.9 Å². The zero-order valence-electron chi connectivity index (χ0n) is 8.60. The lowest BCUT2D eigenvalue weighted by molar-refractivity contribution is 0.918. The van der Waals surface area contributed by atoms with Gasteiger partial charge in [0.1, 0.15) is 5.00 Å². The molecule has 0 spiro atoms. The Hall–Kier alpha value is -1.14. The van der Waals surface area contributed by atoms with Crippen LogP contribution in [0, 0.1) is 6.92 Å². The summed E-state index contributed by atoms with van der Waals surface area (Å²) < 4.78 is 0. The minimum atomic E-state index is 0.748. The highest BCUT2D eigenvalue weighted by Crippen LogP contribution is 2.25. The van der Waals surface area contributed by atoms with Gasteiger partial charge in [-0.05, 0) is 6.92 Å². The third-order valence-corrected chi connectivity index (χ3v) is 3.92. The van der Waals surface area contributed by atoms with Crippen molar-refractivity contribution < 1.29 is 0 Å². The van der Waals surface area contributed by atoms with Crippen molar-refractivity contribution in [1.82, 2.24) is 9.97 Å². The van der Waals surface area contributed by atoms with Crippen LogP contribution in [0.5, 0.6) is 0 Å². The van der Waals surface area contributed by atoms with E-state index in [1.807, 2.05) is 19.5 Å². The fourth-order valence-corrected chi connectivity index (χ4v) is 2.69. The van der Waals surface area contributed by atoms with E-state index in [0.29, 0.717) is 0 Å². The van der Waals surface area contributed by atoms with Gasteiger partial charge in [0.15, 0.2) is 5.13 Å². The van der Waals surface area contributed by atoms with Crippen molar-refractivity contribution in [2.45, 2.75) is 13.5 Å². The van der Waals surface area contributed by atoms with Gasteiger partial charge in [0.2, 0.25) is 0 Å². The molecule has 15 heavy (non-hydrogen) atoms. The molecule has 2 aromatic heterocycles. The van der Waals surface area contributed by atoms with Crippen molar-refractivity contribution in [3.63, 3.8) is 0 Å². The molecule has 0 bridgehead atoms. The highest BCUT2D eigenvalue weighted by atomic mass is 32.1. The van der Waals surface area contributed by atoms with Crippen LogP contribution in [0.1, 0.15) is 10.6 Å². The van der Waals surface area contributed by atoms with Gasteiger partial charge in [-0.3, -0.25) is 0 Å². The van der Waals surface area contributed by atoms with Crippen molar-refractivity contribution >= 4 is 32.8 Å². The maximum Gasteiger partial charge on any atom is 0.187 e. The second-order valence-corrected chi connectivity index (χ2v) is 5.24. The molecular formula is C9H12N4S2. The summed E-state index contributed by atoms with van der Waals surface area (Å²) in [5, 5.41) is 1.69. The standard InChI is InChI=1S/C9H12N4S2/c1-6-7(14-5-12-6)4-13(2)9-11-3-8(10)15-9/h3,5H,4,10H2,1-2H3. The van der Waals surface area contributed by atoms with E-state index in [-0.39, 0.29) is 0 Å². The van der Waals surface area contributed by atoms with Crippen LogP contribution in [0.15, 0.2) is 11.7 Å². The maximum absolute atomic E-state index is 5.64. The van der Waals surface area contributed by atoms with Crippen LogP contribution >= 0.6 is 22.7 Å². The quantitative estimate of drug-likeness (QED) is 0.893. The molecule has 2 rings (SSSR count). The topological polar surface area (TPSA) is 55.0 Å². The SMILES string of the molecule is Cc1ncsc1CN(C)c1ncc(N)s1. The van der Waals surface area contributed by atoms with Crippen LogP contribution < -0.4 is 10.6 Å². The van der Waals surface area contributed by atoms with E-state index in [2.05, 4.69) is 14.9 Å². The molecule has 0 saturated heterocycles. The van der Waals surface area contributed by atoms with Crippen molar-refractivity contribution in [1.29, 1.82) is 0 Å². The van der Waals surface area contributed by atoms with Gasteiger partial charge in [0.05, 0.1) is 23.9 Å². The average Bonchev–Trinajstić information content (AvgIpc) is 2.77. The Labute approximate surface area is 96.4 Å². The van der Waals surface area contributed by atoms with E-state index in [0.717, 1.165) is 22.4 Å². The summed E-state index contributed by atoms with van der Waals surface area (Å²) in [6, 6.07) is 0. The number of nitrogen functional groups attached to an aromatic ring is 1. The lowest BCUT2D eigenvalue weighted by Gasteiger charge is -2.14. The van der Waals surface area contributed by atoms with Crippen molar-refractivity contribution in [2.75, 3.05) is 17.7 Å². The molecule has 0 aliphatic heterocycles.